The Labute approximate surface area is 152 Å². The van der Waals surface area contributed by atoms with Crippen LogP contribution in [-0.2, 0) is 0 Å². The van der Waals surface area contributed by atoms with Crippen molar-refractivity contribution in [1.29, 1.82) is 0 Å². The van der Waals surface area contributed by atoms with E-state index < -0.39 is 0 Å². The number of ether oxygens (including phenoxy) is 1. The number of aromatic nitrogens is 1. The van der Waals surface area contributed by atoms with Crippen LogP contribution in [0, 0.1) is 6.92 Å². The van der Waals surface area contributed by atoms with E-state index in [1.54, 1.807) is 12.1 Å². The van der Waals surface area contributed by atoms with E-state index in [1.807, 2.05) is 37.4 Å². The molecule has 0 radical (unpaired) electrons. The number of benzene rings is 1. The summed E-state index contributed by atoms with van der Waals surface area (Å²) in [6.45, 7) is 2.00. The number of hydrogen-bond acceptors (Lipinski definition) is 3. The number of nitrogens with zero attached hydrogens (tertiary/aromatic N) is 1. The lowest BCUT2D eigenvalue weighted by molar-refractivity contribution is 0.135. The van der Waals surface area contributed by atoms with Crippen LogP contribution in [0.25, 0.3) is 0 Å². The van der Waals surface area contributed by atoms with Gasteiger partial charge in [-0.15, -0.1) is 0 Å². The molecule has 132 valence electrons. The first-order valence-corrected chi connectivity index (χ1v) is 8.89. The monoisotopic (exact) mass is 359 g/mol. The number of rotatable bonds is 4. The van der Waals surface area contributed by atoms with E-state index in [9.17, 15) is 4.79 Å². The Bertz CT molecular complexity index is 713. The second-order valence-electron chi connectivity index (χ2n) is 6.34. The van der Waals surface area contributed by atoms with E-state index in [0.29, 0.717) is 16.6 Å². The summed E-state index contributed by atoms with van der Waals surface area (Å²) in [4.78, 5) is 16.4. The normalized spacial score (nSPS) is 19.9. The van der Waals surface area contributed by atoms with Gasteiger partial charge in [-0.05, 0) is 50.3 Å². The molecule has 0 spiro atoms. The van der Waals surface area contributed by atoms with E-state index in [0.717, 1.165) is 31.2 Å². The molecular formula is C19H22ClN3O2. The molecule has 0 bridgehead atoms. The molecule has 2 amide bonds. The van der Waals surface area contributed by atoms with Crippen molar-refractivity contribution < 1.29 is 9.53 Å². The van der Waals surface area contributed by atoms with Gasteiger partial charge in [-0.1, -0.05) is 29.8 Å². The van der Waals surface area contributed by atoms with Crippen LogP contribution in [0.3, 0.4) is 0 Å². The summed E-state index contributed by atoms with van der Waals surface area (Å²) >= 11 is 6.05. The molecule has 3 rings (SSSR count). The third kappa shape index (κ3) is 5.10. The van der Waals surface area contributed by atoms with Gasteiger partial charge in [0.2, 0.25) is 5.88 Å². The van der Waals surface area contributed by atoms with Gasteiger partial charge in [0.05, 0.1) is 10.7 Å². The number of hydrogen-bond donors (Lipinski definition) is 2. The minimum Gasteiger partial charge on any atom is -0.474 e. The predicted octanol–water partition coefficient (Wildman–Crippen LogP) is 4.56. The Balaban J connectivity index is 1.43. The van der Waals surface area contributed by atoms with Gasteiger partial charge in [-0.2, -0.15) is 0 Å². The van der Waals surface area contributed by atoms with Crippen molar-refractivity contribution in [3.63, 3.8) is 0 Å². The maximum atomic E-state index is 12.1. The number of urea groups is 1. The van der Waals surface area contributed by atoms with Crippen molar-refractivity contribution in [2.45, 2.75) is 44.8 Å². The molecule has 0 unspecified atom stereocenters. The summed E-state index contributed by atoms with van der Waals surface area (Å²) in [6, 6.07) is 11.0. The van der Waals surface area contributed by atoms with Crippen molar-refractivity contribution in [3.8, 4) is 5.88 Å². The molecule has 1 aromatic carbocycles. The molecule has 0 aliphatic heterocycles. The molecule has 1 aromatic heterocycles. The van der Waals surface area contributed by atoms with Crippen LogP contribution < -0.4 is 15.4 Å². The van der Waals surface area contributed by atoms with Crippen molar-refractivity contribution in [2.75, 3.05) is 5.32 Å². The first kappa shape index (κ1) is 17.5. The zero-order valence-corrected chi connectivity index (χ0v) is 14.9. The maximum absolute atomic E-state index is 12.1. The van der Waals surface area contributed by atoms with Crippen molar-refractivity contribution >= 4 is 23.3 Å². The topological polar surface area (TPSA) is 63.2 Å². The minimum atomic E-state index is -0.224. The van der Waals surface area contributed by atoms with Crippen LogP contribution in [0.4, 0.5) is 10.5 Å². The average molecular weight is 360 g/mol. The Morgan fingerprint density at radius 3 is 2.60 bits per heavy atom. The molecule has 0 atom stereocenters. The van der Waals surface area contributed by atoms with Crippen molar-refractivity contribution in [1.82, 2.24) is 10.3 Å². The highest BCUT2D eigenvalue weighted by Gasteiger charge is 2.24. The number of amides is 2. The number of carbonyl (C=O) groups excluding carboxylic acids is 1. The summed E-state index contributed by atoms with van der Waals surface area (Å²) in [6.07, 6.45) is 5.51. The first-order chi connectivity index (χ1) is 12.1. The zero-order valence-electron chi connectivity index (χ0n) is 14.2. The number of nitrogens with one attached hydrogen (secondary N) is 2. The van der Waals surface area contributed by atoms with Gasteiger partial charge in [0.25, 0.3) is 0 Å². The van der Waals surface area contributed by atoms with Gasteiger partial charge in [-0.25, -0.2) is 9.78 Å². The molecule has 1 aliphatic carbocycles. The summed E-state index contributed by atoms with van der Waals surface area (Å²) in [5.41, 5.74) is 1.73. The van der Waals surface area contributed by atoms with E-state index in [-0.39, 0.29) is 18.2 Å². The number of para-hydroxylation sites is 1. The Morgan fingerprint density at radius 2 is 1.92 bits per heavy atom. The minimum absolute atomic E-state index is 0.147. The van der Waals surface area contributed by atoms with Gasteiger partial charge < -0.3 is 15.4 Å². The second kappa shape index (κ2) is 8.21. The summed E-state index contributed by atoms with van der Waals surface area (Å²) in [5.74, 6) is 0.665. The lowest BCUT2D eigenvalue weighted by Crippen LogP contribution is -2.41. The summed E-state index contributed by atoms with van der Waals surface area (Å²) in [7, 11) is 0. The van der Waals surface area contributed by atoms with Crippen LogP contribution in [0.2, 0.25) is 5.02 Å². The summed E-state index contributed by atoms with van der Waals surface area (Å²) in [5, 5.41) is 6.33. The lowest BCUT2D eigenvalue weighted by Gasteiger charge is -2.29. The van der Waals surface area contributed by atoms with Gasteiger partial charge in [0, 0.05) is 18.3 Å². The van der Waals surface area contributed by atoms with Gasteiger partial charge in [0.15, 0.2) is 0 Å². The van der Waals surface area contributed by atoms with E-state index >= 15 is 0 Å². The fraction of sp³-hybridized carbons (Fsp3) is 0.368. The SMILES string of the molecule is Cc1ccc(OC2CCC(NC(=O)Nc3ccccc3Cl)CC2)nc1. The highest BCUT2D eigenvalue weighted by molar-refractivity contribution is 6.33. The number of aryl methyl sites for hydroxylation is 1. The van der Waals surface area contributed by atoms with Gasteiger partial charge in [0.1, 0.15) is 6.10 Å². The molecule has 1 aliphatic rings. The van der Waals surface area contributed by atoms with E-state index in [4.69, 9.17) is 16.3 Å². The predicted molar refractivity (Wildman–Crippen MR) is 99.3 cm³/mol. The Hall–Kier alpha value is -2.27. The van der Waals surface area contributed by atoms with Crippen LogP contribution in [0.15, 0.2) is 42.6 Å². The molecule has 6 heteroatoms. The van der Waals surface area contributed by atoms with Crippen LogP contribution >= 0.6 is 11.6 Å². The lowest BCUT2D eigenvalue weighted by atomic mass is 9.93. The maximum Gasteiger partial charge on any atom is 0.319 e. The van der Waals surface area contributed by atoms with Crippen molar-refractivity contribution in [3.05, 3.63) is 53.2 Å². The summed E-state index contributed by atoms with van der Waals surface area (Å²) < 4.78 is 5.92. The zero-order chi connectivity index (χ0) is 17.6. The molecule has 0 saturated heterocycles. The largest absolute Gasteiger partial charge is 0.474 e. The molecular weight excluding hydrogens is 338 g/mol. The van der Waals surface area contributed by atoms with E-state index in [2.05, 4.69) is 15.6 Å². The van der Waals surface area contributed by atoms with E-state index in [1.165, 1.54) is 0 Å². The molecule has 2 N–H and O–H groups in total. The number of anilines is 1. The van der Waals surface area contributed by atoms with Crippen molar-refractivity contribution in [2.24, 2.45) is 0 Å². The highest BCUT2D eigenvalue weighted by atomic mass is 35.5. The third-order valence-corrected chi connectivity index (χ3v) is 4.63. The molecule has 1 saturated carbocycles. The smallest absolute Gasteiger partial charge is 0.319 e. The fourth-order valence-corrected chi connectivity index (χ4v) is 3.11. The third-order valence-electron chi connectivity index (χ3n) is 4.30. The number of halogens is 1. The first-order valence-electron chi connectivity index (χ1n) is 8.51. The second-order valence-corrected chi connectivity index (χ2v) is 6.75. The molecule has 5 nitrogen and oxygen atoms in total. The highest BCUT2D eigenvalue weighted by Crippen LogP contribution is 2.24. The molecule has 1 fully saturated rings. The molecule has 2 aromatic rings. The molecule has 1 heterocycles. The van der Waals surface area contributed by atoms with Gasteiger partial charge in [-0.3, -0.25) is 0 Å². The quantitative estimate of drug-likeness (QED) is 0.841. The molecule has 25 heavy (non-hydrogen) atoms. The number of pyridine rings is 1. The van der Waals surface area contributed by atoms with Crippen LogP contribution in [0.1, 0.15) is 31.2 Å². The van der Waals surface area contributed by atoms with Gasteiger partial charge >= 0.3 is 6.03 Å². The standard InChI is InChI=1S/C19H22ClN3O2/c1-13-6-11-18(21-12-13)25-15-9-7-14(8-10-15)22-19(24)23-17-5-3-2-4-16(17)20/h2-6,11-12,14-15H,7-10H2,1H3,(H2,22,23,24). The fourth-order valence-electron chi connectivity index (χ4n) is 2.93. The number of carbonyl (C=O) groups is 1. The Kier molecular flexibility index (Phi) is 5.76. The Morgan fingerprint density at radius 1 is 1.16 bits per heavy atom. The van der Waals surface area contributed by atoms with Crippen LogP contribution in [-0.4, -0.2) is 23.2 Å². The van der Waals surface area contributed by atoms with Crippen LogP contribution in [0.5, 0.6) is 5.88 Å². The average Bonchev–Trinajstić information content (AvgIpc) is 2.61.